The first-order valence-electron chi connectivity index (χ1n) is 6.11. The molecule has 1 N–H and O–H groups in total. The number of ether oxygens (including phenoxy) is 1. The number of rotatable bonds is 2. The molecule has 2 saturated heterocycles. The Morgan fingerprint density at radius 2 is 1.88 bits per heavy atom. The summed E-state index contributed by atoms with van der Waals surface area (Å²) in [5.41, 5.74) is 1.23. The van der Waals surface area contributed by atoms with Crippen LogP contribution in [0.4, 0.5) is 0 Å². The molecular weight excluding hydrogens is 236 g/mol. The van der Waals surface area contributed by atoms with Crippen molar-refractivity contribution in [3.8, 4) is 0 Å². The average Bonchev–Trinajstić information content (AvgIpc) is 2.32. The Kier molecular flexibility index (Phi) is 3.09. The molecule has 0 radical (unpaired) electrons. The lowest BCUT2D eigenvalue weighted by Gasteiger charge is -2.51. The van der Waals surface area contributed by atoms with Crippen molar-refractivity contribution in [1.82, 2.24) is 10.2 Å². The number of nitrogens with one attached hydrogen (secondary N) is 1. The van der Waals surface area contributed by atoms with Crippen molar-refractivity contribution in [2.45, 2.75) is 5.54 Å². The van der Waals surface area contributed by atoms with Gasteiger partial charge in [-0.1, -0.05) is 29.8 Å². The molecule has 0 aromatic heterocycles. The molecule has 2 aliphatic heterocycles. The lowest BCUT2D eigenvalue weighted by Crippen LogP contribution is -2.63. The molecule has 17 heavy (non-hydrogen) atoms. The maximum Gasteiger partial charge on any atom is 0.0948 e. The summed E-state index contributed by atoms with van der Waals surface area (Å²) < 4.78 is 5.48. The third-order valence-corrected chi connectivity index (χ3v) is 4.11. The van der Waals surface area contributed by atoms with Gasteiger partial charge in [0, 0.05) is 31.2 Å². The summed E-state index contributed by atoms with van der Waals surface area (Å²) >= 11 is 6.34. The molecular formula is C13H17ClN2O. The lowest BCUT2D eigenvalue weighted by atomic mass is 9.85. The molecule has 1 aromatic carbocycles. The maximum atomic E-state index is 6.34. The number of hydrogen-bond donors (Lipinski definition) is 1. The zero-order valence-electron chi connectivity index (χ0n) is 9.79. The molecule has 1 aromatic rings. The highest BCUT2D eigenvalue weighted by Gasteiger charge is 2.46. The number of benzene rings is 1. The smallest absolute Gasteiger partial charge is 0.0948 e. The summed E-state index contributed by atoms with van der Waals surface area (Å²) in [6.07, 6.45) is 0. The molecule has 0 bridgehead atoms. The minimum Gasteiger partial charge on any atom is -0.377 e. The standard InChI is InChI=1S/C13H17ClN2O/c14-12-4-2-1-3-11(12)13(9-17-10-13)16-7-5-15-6-8-16/h1-4,15H,5-10H2. The van der Waals surface area contributed by atoms with E-state index in [1.54, 1.807) is 0 Å². The molecule has 2 fully saturated rings. The number of nitrogens with zero attached hydrogens (tertiary/aromatic N) is 1. The fraction of sp³-hybridized carbons (Fsp3) is 0.538. The second kappa shape index (κ2) is 4.58. The fourth-order valence-electron chi connectivity index (χ4n) is 2.74. The molecule has 0 aliphatic carbocycles. The van der Waals surface area contributed by atoms with E-state index in [2.05, 4.69) is 22.3 Å². The Balaban J connectivity index is 1.93. The van der Waals surface area contributed by atoms with Gasteiger partial charge in [0.25, 0.3) is 0 Å². The zero-order chi connectivity index (χ0) is 11.7. The summed E-state index contributed by atoms with van der Waals surface area (Å²) in [6, 6.07) is 8.15. The Labute approximate surface area is 107 Å². The zero-order valence-corrected chi connectivity index (χ0v) is 10.5. The van der Waals surface area contributed by atoms with Crippen molar-refractivity contribution in [3.05, 3.63) is 34.9 Å². The van der Waals surface area contributed by atoms with Gasteiger partial charge in [-0.2, -0.15) is 0 Å². The molecule has 2 heterocycles. The highest BCUT2D eigenvalue weighted by molar-refractivity contribution is 6.31. The minimum absolute atomic E-state index is 0.0143. The van der Waals surface area contributed by atoms with Crippen molar-refractivity contribution in [2.24, 2.45) is 0 Å². The van der Waals surface area contributed by atoms with Crippen molar-refractivity contribution in [2.75, 3.05) is 39.4 Å². The monoisotopic (exact) mass is 252 g/mol. The molecule has 4 heteroatoms. The lowest BCUT2D eigenvalue weighted by molar-refractivity contribution is -0.149. The summed E-state index contributed by atoms with van der Waals surface area (Å²) in [5, 5.41) is 4.24. The third-order valence-electron chi connectivity index (χ3n) is 3.78. The molecule has 0 spiro atoms. The van der Waals surface area contributed by atoms with Gasteiger partial charge in [0.15, 0.2) is 0 Å². The van der Waals surface area contributed by atoms with Crippen molar-refractivity contribution in [3.63, 3.8) is 0 Å². The van der Waals surface area contributed by atoms with Crippen LogP contribution in [0, 0.1) is 0 Å². The number of halogens is 1. The molecule has 3 nitrogen and oxygen atoms in total. The molecule has 2 aliphatic rings. The normalized spacial score (nSPS) is 24.3. The van der Waals surface area contributed by atoms with Crippen LogP contribution in [-0.2, 0) is 10.3 Å². The van der Waals surface area contributed by atoms with E-state index < -0.39 is 0 Å². The van der Waals surface area contributed by atoms with Gasteiger partial charge >= 0.3 is 0 Å². The fourth-order valence-corrected chi connectivity index (χ4v) is 3.05. The summed E-state index contributed by atoms with van der Waals surface area (Å²) in [5.74, 6) is 0. The Bertz CT molecular complexity index is 400. The summed E-state index contributed by atoms with van der Waals surface area (Å²) in [7, 11) is 0. The first-order chi connectivity index (χ1) is 8.33. The summed E-state index contributed by atoms with van der Waals surface area (Å²) in [4.78, 5) is 2.51. The second-order valence-corrected chi connectivity index (χ2v) is 5.15. The van der Waals surface area contributed by atoms with Gasteiger partial charge in [-0.25, -0.2) is 0 Å². The molecule has 0 atom stereocenters. The van der Waals surface area contributed by atoms with E-state index in [0.717, 1.165) is 44.4 Å². The van der Waals surface area contributed by atoms with Crippen LogP contribution in [0.25, 0.3) is 0 Å². The quantitative estimate of drug-likeness (QED) is 0.863. The van der Waals surface area contributed by atoms with Crippen LogP contribution in [0.15, 0.2) is 24.3 Å². The maximum absolute atomic E-state index is 6.34. The van der Waals surface area contributed by atoms with Crippen LogP contribution in [-0.4, -0.2) is 44.3 Å². The highest BCUT2D eigenvalue weighted by atomic mass is 35.5. The Morgan fingerprint density at radius 3 is 2.47 bits per heavy atom. The number of hydrogen-bond acceptors (Lipinski definition) is 3. The van der Waals surface area contributed by atoms with Crippen molar-refractivity contribution >= 4 is 11.6 Å². The van der Waals surface area contributed by atoms with E-state index in [1.165, 1.54) is 5.56 Å². The van der Waals surface area contributed by atoms with E-state index in [4.69, 9.17) is 16.3 Å². The van der Waals surface area contributed by atoms with Gasteiger partial charge in [0.1, 0.15) is 0 Å². The van der Waals surface area contributed by atoms with Gasteiger partial charge in [0.2, 0.25) is 0 Å². The minimum atomic E-state index is 0.0143. The van der Waals surface area contributed by atoms with E-state index in [-0.39, 0.29) is 5.54 Å². The van der Waals surface area contributed by atoms with E-state index in [1.807, 2.05) is 12.1 Å². The van der Waals surface area contributed by atoms with Crippen LogP contribution in [0.2, 0.25) is 5.02 Å². The van der Waals surface area contributed by atoms with Crippen LogP contribution >= 0.6 is 11.6 Å². The van der Waals surface area contributed by atoms with Gasteiger partial charge in [0.05, 0.1) is 18.8 Å². The first-order valence-corrected chi connectivity index (χ1v) is 6.49. The van der Waals surface area contributed by atoms with E-state index in [9.17, 15) is 0 Å². The first kappa shape index (κ1) is 11.5. The second-order valence-electron chi connectivity index (χ2n) is 4.74. The Hall–Kier alpha value is -0.610. The predicted octanol–water partition coefficient (Wildman–Crippen LogP) is 1.47. The van der Waals surface area contributed by atoms with Gasteiger partial charge < -0.3 is 10.1 Å². The van der Waals surface area contributed by atoms with E-state index >= 15 is 0 Å². The van der Waals surface area contributed by atoms with Crippen LogP contribution in [0.1, 0.15) is 5.56 Å². The topological polar surface area (TPSA) is 24.5 Å². The van der Waals surface area contributed by atoms with Gasteiger partial charge in [-0.15, -0.1) is 0 Å². The molecule has 0 unspecified atom stereocenters. The molecule has 3 rings (SSSR count). The molecule has 92 valence electrons. The van der Waals surface area contributed by atoms with Gasteiger partial charge in [-0.3, -0.25) is 4.90 Å². The highest BCUT2D eigenvalue weighted by Crippen LogP contribution is 2.39. The predicted molar refractivity (Wildman–Crippen MR) is 68.4 cm³/mol. The SMILES string of the molecule is Clc1ccccc1C1(N2CCNCC2)COC1. The number of piperazine rings is 1. The van der Waals surface area contributed by atoms with Crippen LogP contribution in [0.5, 0.6) is 0 Å². The van der Waals surface area contributed by atoms with Crippen LogP contribution < -0.4 is 5.32 Å². The van der Waals surface area contributed by atoms with Crippen LogP contribution in [0.3, 0.4) is 0 Å². The van der Waals surface area contributed by atoms with Gasteiger partial charge in [-0.05, 0) is 11.6 Å². The molecule has 0 amide bonds. The largest absolute Gasteiger partial charge is 0.377 e. The van der Waals surface area contributed by atoms with E-state index in [0.29, 0.717) is 0 Å². The summed E-state index contributed by atoms with van der Waals surface area (Å²) in [6.45, 7) is 5.75. The third kappa shape index (κ3) is 1.87. The van der Waals surface area contributed by atoms with Crippen molar-refractivity contribution < 1.29 is 4.74 Å². The van der Waals surface area contributed by atoms with Crippen molar-refractivity contribution in [1.29, 1.82) is 0 Å². The molecule has 0 saturated carbocycles. The Morgan fingerprint density at radius 1 is 1.18 bits per heavy atom. The average molecular weight is 253 g/mol.